The first-order chi connectivity index (χ1) is 11.0. The van der Waals surface area contributed by atoms with Crippen LogP contribution in [0.3, 0.4) is 0 Å². The molecule has 3 rings (SSSR count). The molecule has 0 heterocycles. The zero-order chi connectivity index (χ0) is 16.4. The van der Waals surface area contributed by atoms with E-state index in [0.717, 1.165) is 41.8 Å². The highest BCUT2D eigenvalue weighted by Gasteiger charge is 2.45. The number of amides is 1. The van der Waals surface area contributed by atoms with Crippen molar-refractivity contribution < 1.29 is 9.53 Å². The number of aryl methyl sites for hydroxylation is 1. The molecule has 2 aromatic rings. The average molecular weight is 330 g/mol. The molecular weight excluding hydrogens is 310 g/mol. The van der Waals surface area contributed by atoms with Crippen molar-refractivity contribution in [3.8, 4) is 5.75 Å². The normalized spacial score (nSPS) is 15.6. The zero-order valence-electron chi connectivity index (χ0n) is 13.4. The smallest absolute Gasteiger partial charge is 0.235 e. The molecule has 0 atom stereocenters. The van der Waals surface area contributed by atoms with Crippen molar-refractivity contribution in [3.05, 3.63) is 58.6 Å². The molecule has 0 aromatic heterocycles. The molecular formula is C19H20ClNO2. The van der Waals surface area contributed by atoms with Crippen LogP contribution in [0.5, 0.6) is 5.75 Å². The largest absolute Gasteiger partial charge is 0.497 e. The fourth-order valence-electron chi connectivity index (χ4n) is 3.11. The Morgan fingerprint density at radius 3 is 2.57 bits per heavy atom. The number of ether oxygens (including phenoxy) is 1. The SMILES string of the molecule is COc1ccc(NC(=O)C2(c3cccc(Cl)c3)CCC2)c(C)c1. The highest BCUT2D eigenvalue weighted by Crippen LogP contribution is 2.45. The fourth-order valence-corrected chi connectivity index (χ4v) is 3.30. The van der Waals surface area contributed by atoms with Crippen LogP contribution < -0.4 is 10.1 Å². The van der Waals surface area contributed by atoms with Crippen LogP contribution in [0, 0.1) is 6.92 Å². The van der Waals surface area contributed by atoms with Crippen LogP contribution in [0.4, 0.5) is 5.69 Å². The van der Waals surface area contributed by atoms with Gasteiger partial charge in [-0.15, -0.1) is 0 Å². The minimum absolute atomic E-state index is 0.0410. The minimum Gasteiger partial charge on any atom is -0.497 e. The van der Waals surface area contributed by atoms with Gasteiger partial charge in [-0.25, -0.2) is 0 Å². The zero-order valence-corrected chi connectivity index (χ0v) is 14.1. The van der Waals surface area contributed by atoms with Gasteiger partial charge >= 0.3 is 0 Å². The maximum atomic E-state index is 12.9. The van der Waals surface area contributed by atoms with Crippen LogP contribution in [0.2, 0.25) is 5.02 Å². The van der Waals surface area contributed by atoms with E-state index in [1.807, 2.05) is 49.4 Å². The van der Waals surface area contributed by atoms with Gasteiger partial charge in [0.2, 0.25) is 5.91 Å². The molecule has 3 nitrogen and oxygen atoms in total. The third-order valence-electron chi connectivity index (χ3n) is 4.70. The number of benzene rings is 2. The Morgan fingerprint density at radius 1 is 1.22 bits per heavy atom. The molecule has 1 aliphatic carbocycles. The second kappa shape index (κ2) is 6.25. The number of halogens is 1. The third kappa shape index (κ3) is 2.93. The third-order valence-corrected chi connectivity index (χ3v) is 4.94. The van der Waals surface area contributed by atoms with Gasteiger partial charge in [0, 0.05) is 10.7 Å². The number of hydrogen-bond acceptors (Lipinski definition) is 2. The van der Waals surface area contributed by atoms with Crippen LogP contribution in [-0.2, 0) is 10.2 Å². The van der Waals surface area contributed by atoms with Gasteiger partial charge in [-0.1, -0.05) is 30.2 Å². The van der Waals surface area contributed by atoms with Crippen molar-refractivity contribution in [3.63, 3.8) is 0 Å². The monoisotopic (exact) mass is 329 g/mol. The Hall–Kier alpha value is -2.00. The number of carbonyl (C=O) groups is 1. The van der Waals surface area contributed by atoms with Gasteiger partial charge in [-0.3, -0.25) is 4.79 Å². The number of nitrogens with one attached hydrogen (secondary N) is 1. The number of rotatable bonds is 4. The lowest BCUT2D eigenvalue weighted by Crippen LogP contribution is -2.46. The Bertz CT molecular complexity index is 738. The van der Waals surface area contributed by atoms with E-state index in [4.69, 9.17) is 16.3 Å². The number of hydrogen-bond donors (Lipinski definition) is 1. The number of carbonyl (C=O) groups excluding carboxylic acids is 1. The second-order valence-electron chi connectivity index (χ2n) is 6.08. The van der Waals surface area contributed by atoms with Crippen LogP contribution in [0.15, 0.2) is 42.5 Å². The lowest BCUT2D eigenvalue weighted by molar-refractivity contribution is -0.124. The molecule has 1 saturated carbocycles. The molecule has 1 N–H and O–H groups in total. The summed E-state index contributed by atoms with van der Waals surface area (Å²) in [5, 5.41) is 3.75. The Balaban J connectivity index is 1.86. The Labute approximate surface area is 141 Å². The first-order valence-electron chi connectivity index (χ1n) is 7.77. The summed E-state index contributed by atoms with van der Waals surface area (Å²) in [6.07, 6.45) is 2.77. The van der Waals surface area contributed by atoms with Gasteiger partial charge in [-0.05, 0) is 61.2 Å². The molecule has 0 saturated heterocycles. The molecule has 23 heavy (non-hydrogen) atoms. The van der Waals surface area contributed by atoms with Gasteiger partial charge < -0.3 is 10.1 Å². The molecule has 1 aliphatic rings. The van der Waals surface area contributed by atoms with E-state index in [-0.39, 0.29) is 5.91 Å². The summed E-state index contributed by atoms with van der Waals surface area (Å²) in [5.41, 5.74) is 2.35. The number of anilines is 1. The van der Waals surface area contributed by atoms with Crippen LogP contribution in [-0.4, -0.2) is 13.0 Å². The van der Waals surface area contributed by atoms with Crippen molar-refractivity contribution >= 4 is 23.2 Å². The summed E-state index contributed by atoms with van der Waals surface area (Å²) in [5.74, 6) is 0.827. The van der Waals surface area contributed by atoms with Gasteiger partial charge in [-0.2, -0.15) is 0 Å². The van der Waals surface area contributed by atoms with Crippen molar-refractivity contribution in [2.24, 2.45) is 0 Å². The summed E-state index contributed by atoms with van der Waals surface area (Å²) < 4.78 is 5.21. The molecule has 0 unspecified atom stereocenters. The minimum atomic E-state index is -0.461. The first kappa shape index (κ1) is 15.9. The molecule has 1 fully saturated rings. The van der Waals surface area contributed by atoms with E-state index in [0.29, 0.717) is 5.02 Å². The molecule has 2 aromatic carbocycles. The standard InChI is InChI=1S/C19H20ClNO2/c1-13-11-16(23-2)7-8-17(13)21-18(22)19(9-4-10-19)14-5-3-6-15(20)12-14/h3,5-8,11-12H,4,9-10H2,1-2H3,(H,21,22). The molecule has 1 amide bonds. The van der Waals surface area contributed by atoms with E-state index >= 15 is 0 Å². The lowest BCUT2D eigenvalue weighted by atomic mass is 9.63. The average Bonchev–Trinajstić information content (AvgIpc) is 2.48. The first-order valence-corrected chi connectivity index (χ1v) is 8.15. The molecule has 4 heteroatoms. The van der Waals surface area contributed by atoms with Crippen LogP contribution >= 0.6 is 11.6 Å². The topological polar surface area (TPSA) is 38.3 Å². The van der Waals surface area contributed by atoms with Crippen molar-refractivity contribution in [2.45, 2.75) is 31.6 Å². The Kier molecular flexibility index (Phi) is 4.31. The van der Waals surface area contributed by atoms with Crippen molar-refractivity contribution in [1.29, 1.82) is 0 Å². The van der Waals surface area contributed by atoms with E-state index in [1.165, 1.54) is 0 Å². The fraction of sp³-hybridized carbons (Fsp3) is 0.316. The van der Waals surface area contributed by atoms with E-state index in [2.05, 4.69) is 5.32 Å². The molecule has 0 radical (unpaired) electrons. The molecule has 0 spiro atoms. The lowest BCUT2D eigenvalue weighted by Gasteiger charge is -2.41. The van der Waals surface area contributed by atoms with Crippen molar-refractivity contribution in [1.82, 2.24) is 0 Å². The predicted octanol–water partition coefficient (Wildman–Crippen LogP) is 4.72. The summed E-state index contributed by atoms with van der Waals surface area (Å²) >= 11 is 6.11. The summed E-state index contributed by atoms with van der Waals surface area (Å²) in [6, 6.07) is 13.3. The van der Waals surface area contributed by atoms with Crippen molar-refractivity contribution in [2.75, 3.05) is 12.4 Å². The van der Waals surface area contributed by atoms with Crippen LogP contribution in [0.1, 0.15) is 30.4 Å². The Morgan fingerprint density at radius 2 is 2.00 bits per heavy atom. The molecule has 0 aliphatic heterocycles. The second-order valence-corrected chi connectivity index (χ2v) is 6.52. The van der Waals surface area contributed by atoms with Gasteiger partial charge in [0.05, 0.1) is 12.5 Å². The predicted molar refractivity (Wildman–Crippen MR) is 93.3 cm³/mol. The van der Waals surface area contributed by atoms with Gasteiger partial charge in [0.15, 0.2) is 0 Å². The van der Waals surface area contributed by atoms with Crippen LogP contribution in [0.25, 0.3) is 0 Å². The molecule has 0 bridgehead atoms. The van der Waals surface area contributed by atoms with Gasteiger partial charge in [0.25, 0.3) is 0 Å². The number of methoxy groups -OCH3 is 1. The van der Waals surface area contributed by atoms with Gasteiger partial charge in [0.1, 0.15) is 5.75 Å². The van der Waals surface area contributed by atoms with E-state index in [9.17, 15) is 4.79 Å². The summed E-state index contributed by atoms with van der Waals surface area (Å²) in [6.45, 7) is 1.96. The quantitative estimate of drug-likeness (QED) is 0.881. The maximum absolute atomic E-state index is 12.9. The summed E-state index contributed by atoms with van der Waals surface area (Å²) in [4.78, 5) is 12.9. The highest BCUT2D eigenvalue weighted by molar-refractivity contribution is 6.30. The van der Waals surface area contributed by atoms with E-state index < -0.39 is 5.41 Å². The highest BCUT2D eigenvalue weighted by atomic mass is 35.5. The summed E-state index contributed by atoms with van der Waals surface area (Å²) in [7, 11) is 1.63. The van der Waals surface area contributed by atoms with E-state index in [1.54, 1.807) is 7.11 Å². The molecule has 120 valence electrons. The maximum Gasteiger partial charge on any atom is 0.235 e.